The molecule has 0 aromatic heterocycles. The van der Waals surface area contributed by atoms with E-state index >= 15 is 0 Å². The Morgan fingerprint density at radius 1 is 0.825 bits per heavy atom. The van der Waals surface area contributed by atoms with E-state index in [9.17, 15) is 10.2 Å². The number of hydrogen-bond donors (Lipinski definition) is 2. The van der Waals surface area contributed by atoms with E-state index in [-0.39, 0.29) is 16.9 Å². The topological polar surface area (TPSA) is 40.5 Å². The third-order valence-electron chi connectivity index (χ3n) is 8.81. The van der Waals surface area contributed by atoms with Gasteiger partial charge in [0.05, 0.1) is 5.56 Å². The third kappa shape index (κ3) is 7.03. The minimum atomic E-state index is -0.206. The van der Waals surface area contributed by atoms with Crippen molar-refractivity contribution in [2.45, 2.75) is 97.3 Å². The van der Waals surface area contributed by atoms with E-state index in [1.54, 1.807) is 0 Å². The van der Waals surface area contributed by atoms with E-state index in [0.29, 0.717) is 24.3 Å². The Morgan fingerprint density at radius 3 is 1.88 bits per heavy atom. The van der Waals surface area contributed by atoms with E-state index in [1.807, 2.05) is 12.1 Å². The first-order chi connectivity index (χ1) is 19.3. The first-order valence-electron chi connectivity index (χ1n) is 15.2. The molecule has 2 nitrogen and oxygen atoms in total. The fourth-order valence-electron chi connectivity index (χ4n) is 6.59. The van der Waals surface area contributed by atoms with Gasteiger partial charge in [-0.15, -0.1) is 0 Å². The minimum Gasteiger partial charge on any atom is -0.507 e. The van der Waals surface area contributed by atoms with Gasteiger partial charge in [-0.3, -0.25) is 0 Å². The molecule has 3 aromatic rings. The molecular weight excluding hydrogens is 556 g/mol. The van der Waals surface area contributed by atoms with Crippen LogP contribution in [0.2, 0.25) is 0 Å². The smallest absolute Gasteiger partial charge is 0.130 e. The van der Waals surface area contributed by atoms with Gasteiger partial charge in [0.25, 0.3) is 0 Å². The Balaban J connectivity index is 2.00. The molecule has 0 amide bonds. The number of aromatic hydroxyl groups is 2. The molecule has 3 heteroatoms. The molecule has 40 heavy (non-hydrogen) atoms. The van der Waals surface area contributed by atoms with Crippen LogP contribution in [-0.2, 0) is 18.3 Å². The summed E-state index contributed by atoms with van der Waals surface area (Å²) in [6.07, 6.45) is 10.1. The molecule has 0 heterocycles. The Kier molecular flexibility index (Phi) is 10.6. The molecule has 0 fully saturated rings. The molecule has 0 radical (unpaired) electrons. The van der Waals surface area contributed by atoms with Crippen molar-refractivity contribution in [3.05, 3.63) is 99.6 Å². The van der Waals surface area contributed by atoms with Crippen molar-refractivity contribution < 1.29 is 10.2 Å². The van der Waals surface area contributed by atoms with Gasteiger partial charge in [0.1, 0.15) is 11.5 Å². The molecule has 2 N–H and O–H groups in total. The molecule has 0 saturated heterocycles. The summed E-state index contributed by atoms with van der Waals surface area (Å²) < 4.78 is 0. The van der Waals surface area contributed by atoms with E-state index in [1.165, 1.54) is 36.0 Å². The number of benzene rings is 3. The molecule has 1 aliphatic rings. The fraction of sp³-hybridized carbons (Fsp3) is 0.459. The van der Waals surface area contributed by atoms with Gasteiger partial charge in [0.2, 0.25) is 0 Å². The second-order valence-electron chi connectivity index (χ2n) is 12.5. The van der Waals surface area contributed by atoms with Gasteiger partial charge < -0.3 is 10.2 Å². The minimum absolute atomic E-state index is 0.206. The van der Waals surface area contributed by atoms with Crippen LogP contribution in [0.5, 0.6) is 11.5 Å². The molecule has 214 valence electrons. The summed E-state index contributed by atoms with van der Waals surface area (Å²) in [4.78, 5) is 0. The molecule has 0 aliphatic heterocycles. The molecule has 1 unspecified atom stereocenters. The molecule has 3 aromatic carbocycles. The number of hydrogen-bond acceptors (Lipinski definition) is 2. The molecule has 0 bridgehead atoms. The van der Waals surface area contributed by atoms with Crippen LogP contribution in [0.4, 0.5) is 0 Å². The number of phenols is 2. The van der Waals surface area contributed by atoms with Crippen molar-refractivity contribution in [2.75, 3.05) is 5.33 Å². The van der Waals surface area contributed by atoms with Crippen LogP contribution in [0.25, 0.3) is 5.57 Å². The van der Waals surface area contributed by atoms with E-state index < -0.39 is 0 Å². The summed E-state index contributed by atoms with van der Waals surface area (Å²) in [6, 6.07) is 21.0. The maximum atomic E-state index is 12.2. The Bertz CT molecular complexity index is 1220. The van der Waals surface area contributed by atoms with Gasteiger partial charge in [-0.05, 0) is 59.3 Å². The zero-order valence-electron chi connectivity index (χ0n) is 24.9. The standard InChI is InChI=1S/C37H47BrO2/c1-5-6-7-14-21-37(3,4)34-31(23-27-15-10-8-11-16-27)35(39)33(30-22-26(2)19-20-29(30)25-38)36(40)32(34)24-28-17-12-9-13-18-28/h8-13,15-18,26,39-40H,5-7,14,19-25H2,1-4H3. The first kappa shape index (κ1) is 30.4. The first-order valence-corrected chi connectivity index (χ1v) is 16.3. The lowest BCUT2D eigenvalue weighted by molar-refractivity contribution is 0.409. The van der Waals surface area contributed by atoms with E-state index in [2.05, 4.69) is 92.2 Å². The highest BCUT2D eigenvalue weighted by atomic mass is 79.9. The lowest BCUT2D eigenvalue weighted by Gasteiger charge is -2.34. The quantitative estimate of drug-likeness (QED) is 0.160. The van der Waals surface area contributed by atoms with Crippen LogP contribution in [0.1, 0.15) is 112 Å². The number of unbranched alkanes of at least 4 members (excludes halogenated alkanes) is 3. The number of alkyl halides is 1. The van der Waals surface area contributed by atoms with E-state index in [4.69, 9.17) is 0 Å². The van der Waals surface area contributed by atoms with Crippen molar-refractivity contribution in [1.29, 1.82) is 0 Å². The lowest BCUT2D eigenvalue weighted by atomic mass is 9.71. The normalized spacial score (nSPS) is 16.0. The predicted molar refractivity (Wildman–Crippen MR) is 174 cm³/mol. The second kappa shape index (κ2) is 13.9. The molecule has 1 atom stereocenters. The number of allylic oxidation sites excluding steroid dienone is 2. The van der Waals surface area contributed by atoms with Crippen molar-refractivity contribution in [1.82, 2.24) is 0 Å². The van der Waals surface area contributed by atoms with Gasteiger partial charge in [0.15, 0.2) is 0 Å². The predicted octanol–water partition coefficient (Wildman–Crippen LogP) is 10.5. The summed E-state index contributed by atoms with van der Waals surface area (Å²) in [5.41, 5.74) is 8.32. The van der Waals surface area contributed by atoms with Crippen molar-refractivity contribution in [3.8, 4) is 11.5 Å². The van der Waals surface area contributed by atoms with Crippen LogP contribution in [0.15, 0.2) is 66.2 Å². The monoisotopic (exact) mass is 602 g/mol. The summed E-state index contributed by atoms with van der Waals surface area (Å²) in [5, 5.41) is 25.2. The third-order valence-corrected chi connectivity index (χ3v) is 9.49. The summed E-state index contributed by atoms with van der Waals surface area (Å²) in [5.74, 6) is 1.07. The second-order valence-corrected chi connectivity index (χ2v) is 13.0. The van der Waals surface area contributed by atoms with Gasteiger partial charge >= 0.3 is 0 Å². The highest BCUT2D eigenvalue weighted by Gasteiger charge is 2.34. The fourth-order valence-corrected chi connectivity index (χ4v) is 7.21. The van der Waals surface area contributed by atoms with Crippen LogP contribution < -0.4 is 0 Å². The summed E-state index contributed by atoms with van der Waals surface area (Å²) in [7, 11) is 0. The lowest BCUT2D eigenvalue weighted by Crippen LogP contribution is -2.23. The molecule has 4 rings (SSSR count). The number of phenolic OH excluding ortho intramolecular Hbond substituents is 2. The summed E-state index contributed by atoms with van der Waals surface area (Å²) >= 11 is 3.73. The van der Waals surface area contributed by atoms with E-state index in [0.717, 1.165) is 59.7 Å². The Morgan fingerprint density at radius 2 is 1.38 bits per heavy atom. The number of rotatable bonds is 12. The van der Waals surface area contributed by atoms with Gasteiger partial charge in [-0.25, -0.2) is 0 Å². The molecule has 0 saturated carbocycles. The average molecular weight is 604 g/mol. The van der Waals surface area contributed by atoms with Crippen LogP contribution in [0, 0.1) is 5.92 Å². The van der Waals surface area contributed by atoms with Gasteiger partial charge in [0, 0.05) is 29.3 Å². The Hall–Kier alpha value is -2.52. The zero-order chi connectivity index (χ0) is 28.7. The SMILES string of the molecule is CCCCCCC(C)(C)c1c(Cc2ccccc2)c(O)c(C2=C(CBr)CCC(C)C2)c(O)c1Cc1ccccc1. The van der Waals surface area contributed by atoms with Crippen LogP contribution in [0.3, 0.4) is 0 Å². The van der Waals surface area contributed by atoms with Gasteiger partial charge in [-0.1, -0.05) is 136 Å². The average Bonchev–Trinajstić information content (AvgIpc) is 2.95. The molecule has 1 aliphatic carbocycles. The van der Waals surface area contributed by atoms with Crippen molar-refractivity contribution in [3.63, 3.8) is 0 Å². The maximum Gasteiger partial charge on any atom is 0.130 e. The van der Waals surface area contributed by atoms with Crippen LogP contribution in [-0.4, -0.2) is 15.5 Å². The molecular formula is C37H47BrO2. The van der Waals surface area contributed by atoms with Crippen molar-refractivity contribution >= 4 is 21.5 Å². The highest BCUT2D eigenvalue weighted by molar-refractivity contribution is 9.09. The van der Waals surface area contributed by atoms with Gasteiger partial charge in [-0.2, -0.15) is 0 Å². The van der Waals surface area contributed by atoms with Crippen LogP contribution >= 0.6 is 15.9 Å². The largest absolute Gasteiger partial charge is 0.507 e. The molecule has 0 spiro atoms. The Labute approximate surface area is 250 Å². The van der Waals surface area contributed by atoms with Crippen molar-refractivity contribution in [2.24, 2.45) is 5.92 Å². The summed E-state index contributed by atoms with van der Waals surface area (Å²) in [6.45, 7) is 9.14. The zero-order valence-corrected chi connectivity index (χ0v) is 26.5. The highest BCUT2D eigenvalue weighted by Crippen LogP contribution is 2.51. The maximum absolute atomic E-state index is 12.2. The number of halogens is 1.